The lowest BCUT2D eigenvalue weighted by molar-refractivity contribution is -0.137. The third kappa shape index (κ3) is 4.91. The molecule has 150 valence electrons. The van der Waals surface area contributed by atoms with Crippen LogP contribution in [0.1, 0.15) is 35.4 Å². The Morgan fingerprint density at radius 1 is 0.964 bits per heavy atom. The molecular weight excluding hydrogens is 352 g/mol. The van der Waals surface area contributed by atoms with Gasteiger partial charge in [0.1, 0.15) is 17.4 Å². The quantitative estimate of drug-likeness (QED) is 0.714. The molecule has 0 fully saturated rings. The minimum Gasteiger partial charge on any atom is -0.481 e. The Balaban J connectivity index is 1.62. The van der Waals surface area contributed by atoms with Gasteiger partial charge < -0.3 is 19.6 Å². The molecule has 1 unspecified atom stereocenters. The van der Waals surface area contributed by atoms with E-state index in [9.17, 15) is 9.90 Å². The molecule has 2 aromatic carbocycles. The number of hydrogen-bond donors (Lipinski definition) is 1. The predicted octanol–water partition coefficient (Wildman–Crippen LogP) is 3.82. The van der Waals surface area contributed by atoms with Crippen LogP contribution in [0.2, 0.25) is 0 Å². The van der Waals surface area contributed by atoms with Gasteiger partial charge in [0.2, 0.25) is 0 Å². The number of aryl methyl sites for hydroxylation is 1. The fourth-order valence-electron chi connectivity index (χ4n) is 3.75. The number of carbonyl (C=O) groups is 1. The number of aliphatic carboxylic acids is 1. The van der Waals surface area contributed by atoms with Gasteiger partial charge in [0.05, 0.1) is 0 Å². The van der Waals surface area contributed by atoms with Crippen LogP contribution >= 0.6 is 0 Å². The number of para-hydroxylation sites is 1. The zero-order valence-electron chi connectivity index (χ0n) is 17.0. The molecule has 0 saturated heterocycles. The van der Waals surface area contributed by atoms with Crippen molar-refractivity contribution >= 4 is 5.97 Å². The maximum absolute atomic E-state index is 11.9. The van der Waals surface area contributed by atoms with E-state index >= 15 is 0 Å². The first-order valence-corrected chi connectivity index (χ1v) is 9.91. The second kappa shape index (κ2) is 9.22. The summed E-state index contributed by atoms with van der Waals surface area (Å²) in [7, 11) is 6.37. The van der Waals surface area contributed by atoms with Crippen LogP contribution in [0.5, 0.6) is 11.5 Å². The molecular formula is C23H30N2O3. The minimum atomic E-state index is -0.843. The lowest BCUT2D eigenvalue weighted by Crippen LogP contribution is -2.25. The fraction of sp³-hybridized carbons (Fsp3) is 0.435. The van der Waals surface area contributed by atoms with Crippen molar-refractivity contribution in [1.29, 1.82) is 0 Å². The van der Waals surface area contributed by atoms with Crippen molar-refractivity contribution in [2.24, 2.45) is 0 Å². The molecule has 3 rings (SSSR count). The molecule has 1 aliphatic heterocycles. The Bertz CT molecular complexity index is 819. The number of fused-ring (bicyclic) bond motifs is 2. The van der Waals surface area contributed by atoms with Gasteiger partial charge in [0.25, 0.3) is 0 Å². The number of nitrogens with zero attached hydrogens (tertiary/aromatic N) is 2. The van der Waals surface area contributed by atoms with Gasteiger partial charge in [-0.15, -0.1) is 0 Å². The van der Waals surface area contributed by atoms with Gasteiger partial charge in [0, 0.05) is 11.1 Å². The highest BCUT2D eigenvalue weighted by Gasteiger charge is 2.32. The van der Waals surface area contributed by atoms with Crippen molar-refractivity contribution in [1.82, 2.24) is 9.80 Å². The minimum absolute atomic E-state index is 0.639. The molecule has 2 aromatic rings. The molecule has 0 radical (unpaired) electrons. The second-order valence-electron chi connectivity index (χ2n) is 7.85. The molecule has 5 heteroatoms. The third-order valence-corrected chi connectivity index (χ3v) is 5.24. The smallest absolute Gasteiger partial charge is 0.315 e. The van der Waals surface area contributed by atoms with Gasteiger partial charge in [-0.25, -0.2) is 0 Å². The Kier molecular flexibility index (Phi) is 6.70. The number of hydrogen-bond acceptors (Lipinski definition) is 4. The van der Waals surface area contributed by atoms with Crippen LogP contribution in [-0.2, 0) is 11.2 Å². The average molecular weight is 383 g/mol. The Morgan fingerprint density at radius 3 is 2.43 bits per heavy atom. The van der Waals surface area contributed by atoms with E-state index in [-0.39, 0.29) is 0 Å². The molecule has 28 heavy (non-hydrogen) atoms. The van der Waals surface area contributed by atoms with E-state index in [1.807, 2.05) is 42.5 Å². The molecule has 0 aromatic heterocycles. The van der Waals surface area contributed by atoms with E-state index in [1.54, 1.807) is 0 Å². The van der Waals surface area contributed by atoms with E-state index in [1.165, 1.54) is 12.0 Å². The summed E-state index contributed by atoms with van der Waals surface area (Å²) in [4.78, 5) is 16.5. The van der Waals surface area contributed by atoms with Gasteiger partial charge in [-0.3, -0.25) is 4.79 Å². The zero-order chi connectivity index (χ0) is 20.1. The average Bonchev–Trinajstić information content (AvgIpc) is 2.65. The van der Waals surface area contributed by atoms with Gasteiger partial charge in [0.15, 0.2) is 0 Å². The van der Waals surface area contributed by atoms with Gasteiger partial charge in [-0.1, -0.05) is 30.3 Å². The van der Waals surface area contributed by atoms with Gasteiger partial charge >= 0.3 is 5.97 Å². The molecule has 1 aliphatic rings. The SMILES string of the molecule is CN(C)CCCN(C)CCCc1ccc2c(c1)Oc1ccccc1C2C(=O)O. The molecule has 1 heterocycles. The molecule has 0 spiro atoms. The lowest BCUT2D eigenvalue weighted by atomic mass is 9.87. The molecule has 1 N–H and O–H groups in total. The molecule has 0 aliphatic carbocycles. The van der Waals surface area contributed by atoms with E-state index in [2.05, 4.69) is 30.9 Å². The second-order valence-corrected chi connectivity index (χ2v) is 7.85. The largest absolute Gasteiger partial charge is 0.481 e. The summed E-state index contributed by atoms with van der Waals surface area (Å²) in [6.45, 7) is 3.26. The van der Waals surface area contributed by atoms with E-state index in [4.69, 9.17) is 4.74 Å². The summed E-state index contributed by atoms with van der Waals surface area (Å²) < 4.78 is 6.02. The van der Waals surface area contributed by atoms with Crippen LogP contribution < -0.4 is 4.74 Å². The summed E-state index contributed by atoms with van der Waals surface area (Å²) >= 11 is 0. The van der Waals surface area contributed by atoms with Crippen molar-refractivity contribution < 1.29 is 14.6 Å². The first kappa shape index (κ1) is 20.4. The third-order valence-electron chi connectivity index (χ3n) is 5.24. The van der Waals surface area contributed by atoms with Crippen LogP contribution in [-0.4, -0.2) is 61.7 Å². The highest BCUT2D eigenvalue weighted by atomic mass is 16.5. The normalized spacial score (nSPS) is 15.2. The van der Waals surface area contributed by atoms with Gasteiger partial charge in [-0.05, 0) is 77.7 Å². The predicted molar refractivity (Wildman–Crippen MR) is 111 cm³/mol. The first-order chi connectivity index (χ1) is 13.5. The Morgan fingerprint density at radius 2 is 1.68 bits per heavy atom. The van der Waals surface area contributed by atoms with Crippen molar-refractivity contribution in [3.63, 3.8) is 0 Å². The van der Waals surface area contributed by atoms with Gasteiger partial charge in [-0.2, -0.15) is 0 Å². The maximum Gasteiger partial charge on any atom is 0.315 e. The molecule has 0 saturated carbocycles. The van der Waals surface area contributed by atoms with Crippen molar-refractivity contribution in [3.8, 4) is 11.5 Å². The fourth-order valence-corrected chi connectivity index (χ4v) is 3.75. The van der Waals surface area contributed by atoms with Crippen molar-refractivity contribution in [3.05, 3.63) is 59.2 Å². The highest BCUT2D eigenvalue weighted by Crippen LogP contribution is 2.44. The van der Waals surface area contributed by atoms with E-state index in [0.29, 0.717) is 11.5 Å². The molecule has 0 amide bonds. The summed E-state index contributed by atoms with van der Waals surface area (Å²) in [5.74, 6) is -0.205. The first-order valence-electron chi connectivity index (χ1n) is 9.91. The summed E-state index contributed by atoms with van der Waals surface area (Å²) in [6.07, 6.45) is 3.19. The number of rotatable bonds is 9. The van der Waals surface area contributed by atoms with Crippen LogP contribution in [0.15, 0.2) is 42.5 Å². The standard InChI is InChI=1S/C23H30N2O3/c1-24(2)13-7-15-25(3)14-6-8-17-11-12-19-21(16-17)28-20-10-5-4-9-18(20)22(19)23(26)27/h4-5,9-12,16,22H,6-8,13-15H2,1-3H3,(H,26,27). The Hall–Kier alpha value is -2.37. The maximum atomic E-state index is 11.9. The van der Waals surface area contributed by atoms with Crippen LogP contribution in [0.3, 0.4) is 0 Å². The molecule has 5 nitrogen and oxygen atoms in total. The van der Waals surface area contributed by atoms with Crippen molar-refractivity contribution in [2.75, 3.05) is 40.8 Å². The van der Waals surface area contributed by atoms with Crippen molar-refractivity contribution in [2.45, 2.75) is 25.2 Å². The zero-order valence-corrected chi connectivity index (χ0v) is 17.0. The number of benzene rings is 2. The molecule has 0 bridgehead atoms. The lowest BCUT2D eigenvalue weighted by Gasteiger charge is -2.26. The topological polar surface area (TPSA) is 53.0 Å². The summed E-state index contributed by atoms with van der Waals surface area (Å²) in [6, 6.07) is 13.4. The van der Waals surface area contributed by atoms with Crippen LogP contribution in [0, 0.1) is 0 Å². The number of carboxylic acids is 1. The van der Waals surface area contributed by atoms with E-state index in [0.717, 1.165) is 43.6 Å². The Labute approximate surface area is 167 Å². The summed E-state index contributed by atoms with van der Waals surface area (Å²) in [5.41, 5.74) is 2.63. The van der Waals surface area contributed by atoms with E-state index < -0.39 is 11.9 Å². The van der Waals surface area contributed by atoms with Crippen LogP contribution in [0.25, 0.3) is 0 Å². The molecule has 1 atom stereocenters. The highest BCUT2D eigenvalue weighted by molar-refractivity contribution is 5.83. The summed E-state index contributed by atoms with van der Waals surface area (Å²) in [5, 5.41) is 9.74. The monoisotopic (exact) mass is 382 g/mol. The number of carboxylic acid groups (broad SMARTS) is 1. The van der Waals surface area contributed by atoms with Crippen LogP contribution in [0.4, 0.5) is 0 Å². The number of ether oxygens (including phenoxy) is 1.